The highest BCUT2D eigenvalue weighted by molar-refractivity contribution is 8.22. The van der Waals surface area contributed by atoms with Crippen LogP contribution in [0.15, 0.2) is 46.8 Å². The fourth-order valence-electron chi connectivity index (χ4n) is 5.69. The highest BCUT2D eigenvalue weighted by Gasteiger charge is 2.36. The summed E-state index contributed by atoms with van der Waals surface area (Å²) in [5.41, 5.74) is 4.44. The number of halogens is 2. The van der Waals surface area contributed by atoms with Gasteiger partial charge in [0.15, 0.2) is 0 Å². The van der Waals surface area contributed by atoms with Crippen molar-refractivity contribution in [3.05, 3.63) is 74.2 Å². The lowest BCUT2D eigenvalue weighted by atomic mass is 9.84. The molecule has 0 amide bonds. The summed E-state index contributed by atoms with van der Waals surface area (Å²) in [4.78, 5) is 16.6. The molecule has 1 aliphatic heterocycles. The lowest BCUT2D eigenvalue weighted by Crippen LogP contribution is -2.34. The molecule has 0 unspecified atom stereocenters. The van der Waals surface area contributed by atoms with Crippen LogP contribution >= 0.6 is 45.3 Å². The molecule has 6 rings (SSSR count). The van der Waals surface area contributed by atoms with Crippen molar-refractivity contribution in [2.75, 3.05) is 6.54 Å². The van der Waals surface area contributed by atoms with Crippen LogP contribution in [0.1, 0.15) is 47.9 Å². The van der Waals surface area contributed by atoms with Crippen LogP contribution in [0.5, 0.6) is 5.88 Å². The number of ether oxygens (including phenoxy) is 1. The Kier molecular flexibility index (Phi) is 8.05. The van der Waals surface area contributed by atoms with Gasteiger partial charge in [-0.05, 0) is 70.6 Å². The van der Waals surface area contributed by atoms with E-state index in [4.69, 9.17) is 27.9 Å². The van der Waals surface area contributed by atoms with Gasteiger partial charge in [0.2, 0.25) is 5.88 Å². The Hall–Kier alpha value is -2.97. The smallest absolute Gasteiger partial charge is 0.304 e. The normalized spacial score (nSPS) is 18.3. The number of fused-ring (bicyclic) bond motifs is 3. The minimum atomic E-state index is -3.54. The molecule has 5 aromatic rings. The Morgan fingerprint density at radius 1 is 1.26 bits per heavy atom. The maximum atomic E-state index is 12.2. The van der Waals surface area contributed by atoms with Gasteiger partial charge in [0.1, 0.15) is 22.0 Å². The summed E-state index contributed by atoms with van der Waals surface area (Å²) in [6.07, 6.45) is 1.52. The minimum absolute atomic E-state index is 0.140. The molecule has 226 valence electrons. The van der Waals surface area contributed by atoms with Crippen molar-refractivity contribution >= 4 is 72.4 Å². The summed E-state index contributed by atoms with van der Waals surface area (Å²) in [5.74, 6) is -1.36. The summed E-state index contributed by atoms with van der Waals surface area (Å²) in [5, 5.41) is 22.0. The molecule has 0 fully saturated rings. The molecular formula is C29H29Cl2N5O5S2. The van der Waals surface area contributed by atoms with E-state index in [1.54, 1.807) is 22.1 Å². The van der Waals surface area contributed by atoms with Crippen molar-refractivity contribution in [3.63, 3.8) is 0 Å². The van der Waals surface area contributed by atoms with Crippen molar-refractivity contribution in [1.29, 1.82) is 0 Å². The molecule has 2 aromatic carbocycles. The number of hydrogen-bond acceptors (Lipinski definition) is 9. The number of carbonyl (C=O) groups is 1. The molecule has 0 saturated carbocycles. The number of rotatable bonds is 7. The average molecular weight is 663 g/mol. The van der Waals surface area contributed by atoms with Gasteiger partial charge in [-0.3, -0.25) is 13.9 Å². The highest BCUT2D eigenvalue weighted by atomic mass is 35.5. The molecule has 1 aliphatic rings. The first kappa shape index (κ1) is 30.1. The zero-order chi connectivity index (χ0) is 30.6. The second-order valence-electron chi connectivity index (χ2n) is 10.6. The second-order valence-corrected chi connectivity index (χ2v) is 14.4. The molecule has 43 heavy (non-hydrogen) atoms. The SMILES string of the molecule is CC[C@@H]1CN(Cc2cc([C@@H](CC(=O)O)c3cc(Cl)c4c(nnn4C)c3C)cc3ccsc23)S(O)(O)c2cc(Cl)cnc2O1. The van der Waals surface area contributed by atoms with Gasteiger partial charge in [0.25, 0.3) is 0 Å². The van der Waals surface area contributed by atoms with E-state index in [-0.39, 0.29) is 41.4 Å². The monoisotopic (exact) mass is 661 g/mol. The van der Waals surface area contributed by atoms with Gasteiger partial charge in [-0.1, -0.05) is 41.4 Å². The molecular weight excluding hydrogens is 633 g/mol. The van der Waals surface area contributed by atoms with E-state index in [2.05, 4.69) is 15.3 Å². The summed E-state index contributed by atoms with van der Waals surface area (Å²) in [7, 11) is -1.78. The maximum Gasteiger partial charge on any atom is 0.304 e. The summed E-state index contributed by atoms with van der Waals surface area (Å²) in [6.45, 7) is 4.27. The number of benzene rings is 2. The molecule has 2 atom stereocenters. The van der Waals surface area contributed by atoms with E-state index in [0.717, 1.165) is 32.3 Å². The Bertz CT molecular complexity index is 1880. The number of hydrogen-bond donors (Lipinski definition) is 3. The van der Waals surface area contributed by atoms with Gasteiger partial charge in [-0.25, -0.2) is 9.67 Å². The molecule has 10 nitrogen and oxygen atoms in total. The van der Waals surface area contributed by atoms with Gasteiger partial charge >= 0.3 is 5.97 Å². The number of carboxylic acid groups (broad SMARTS) is 1. The van der Waals surface area contributed by atoms with Crippen LogP contribution in [-0.2, 0) is 18.4 Å². The highest BCUT2D eigenvalue weighted by Crippen LogP contribution is 2.58. The first-order chi connectivity index (χ1) is 20.5. The standard InChI is InChI=1S/C29H29Cl2N5O5S2/c1-4-20-14-36(43(39,40)24-9-19(30)12-32-29(24)41-20)13-18-8-17(7-16-5-6-42-28(16)18)22(11-25(37)38)21-10-23(31)27-26(15(21)2)33-34-35(27)3/h5-10,12,20,22,39-40H,4,11,13-14H2,1-3H3,(H,37,38)/t20-,22-/m1/s1. The van der Waals surface area contributed by atoms with E-state index in [1.165, 1.54) is 23.6 Å². The van der Waals surface area contributed by atoms with Crippen LogP contribution in [0.25, 0.3) is 21.1 Å². The minimum Gasteiger partial charge on any atom is -0.481 e. The van der Waals surface area contributed by atoms with Crippen molar-refractivity contribution in [1.82, 2.24) is 24.3 Å². The van der Waals surface area contributed by atoms with Gasteiger partial charge in [-0.15, -0.1) is 27.2 Å². The van der Waals surface area contributed by atoms with E-state index in [9.17, 15) is 19.0 Å². The Morgan fingerprint density at radius 2 is 2.05 bits per heavy atom. The molecule has 3 aromatic heterocycles. The summed E-state index contributed by atoms with van der Waals surface area (Å²) >= 11 is 14.4. The number of aromatic nitrogens is 4. The van der Waals surface area contributed by atoms with Crippen LogP contribution < -0.4 is 4.74 Å². The average Bonchev–Trinajstić information content (AvgIpc) is 3.58. The molecule has 0 saturated heterocycles. The number of aryl methyl sites for hydroxylation is 2. The fourth-order valence-corrected chi connectivity index (χ4v) is 8.72. The second kappa shape index (κ2) is 11.5. The van der Waals surface area contributed by atoms with Gasteiger partial charge in [0.05, 0.1) is 23.0 Å². The summed E-state index contributed by atoms with van der Waals surface area (Å²) in [6, 6.07) is 9.22. The Balaban J connectivity index is 1.48. The third-order valence-electron chi connectivity index (χ3n) is 7.86. The first-order valence-electron chi connectivity index (χ1n) is 13.5. The fraction of sp³-hybridized carbons (Fsp3) is 0.310. The van der Waals surface area contributed by atoms with E-state index in [1.807, 2.05) is 37.4 Å². The molecule has 4 heterocycles. The molecule has 14 heteroatoms. The van der Waals surface area contributed by atoms with E-state index in [0.29, 0.717) is 22.5 Å². The Morgan fingerprint density at radius 3 is 2.79 bits per heavy atom. The number of pyridine rings is 1. The van der Waals surface area contributed by atoms with Crippen molar-refractivity contribution in [3.8, 4) is 5.88 Å². The summed E-state index contributed by atoms with van der Waals surface area (Å²) < 4.78 is 33.5. The van der Waals surface area contributed by atoms with E-state index >= 15 is 0 Å². The largest absolute Gasteiger partial charge is 0.481 e. The van der Waals surface area contributed by atoms with Crippen LogP contribution in [-0.4, -0.2) is 57.1 Å². The molecule has 0 bridgehead atoms. The zero-order valence-corrected chi connectivity index (χ0v) is 26.6. The van der Waals surface area contributed by atoms with Gasteiger partial charge in [-0.2, -0.15) is 4.31 Å². The van der Waals surface area contributed by atoms with Crippen molar-refractivity contribution in [2.45, 2.75) is 50.2 Å². The predicted octanol–water partition coefficient (Wildman–Crippen LogP) is 7.50. The van der Waals surface area contributed by atoms with Crippen molar-refractivity contribution in [2.24, 2.45) is 7.05 Å². The topological polar surface area (TPSA) is 134 Å². The van der Waals surface area contributed by atoms with Crippen LogP contribution in [0.2, 0.25) is 10.0 Å². The Labute approximate surface area is 263 Å². The lowest BCUT2D eigenvalue weighted by molar-refractivity contribution is -0.137. The predicted molar refractivity (Wildman–Crippen MR) is 170 cm³/mol. The van der Waals surface area contributed by atoms with E-state index < -0.39 is 22.7 Å². The molecule has 0 spiro atoms. The molecule has 0 aliphatic carbocycles. The molecule has 0 radical (unpaired) electrons. The van der Waals surface area contributed by atoms with Crippen molar-refractivity contribution < 1.29 is 23.7 Å². The van der Waals surface area contributed by atoms with Crippen LogP contribution in [0, 0.1) is 6.92 Å². The molecule has 3 N–H and O–H groups in total. The van der Waals surface area contributed by atoms with Gasteiger partial charge in [0, 0.05) is 30.4 Å². The van der Waals surface area contributed by atoms with Crippen LogP contribution in [0.4, 0.5) is 0 Å². The number of aliphatic carboxylic acids is 1. The van der Waals surface area contributed by atoms with Crippen LogP contribution in [0.3, 0.4) is 0 Å². The number of carboxylic acids is 1. The quantitative estimate of drug-likeness (QED) is 0.162. The maximum absolute atomic E-state index is 12.2. The third-order valence-corrected chi connectivity index (χ3v) is 11.2. The third kappa shape index (κ3) is 5.46. The lowest BCUT2D eigenvalue weighted by Gasteiger charge is -2.41. The number of nitrogens with zero attached hydrogens (tertiary/aromatic N) is 5. The van der Waals surface area contributed by atoms with Gasteiger partial charge < -0.3 is 9.84 Å². The first-order valence-corrected chi connectivity index (χ1v) is 16.7. The number of thiophene rings is 1. The zero-order valence-electron chi connectivity index (χ0n) is 23.5.